The maximum Gasteiger partial charge on any atom is 1.00 e. The molecule has 0 aliphatic heterocycles. The fourth-order valence-corrected chi connectivity index (χ4v) is 0. The molecule has 0 spiro atoms. The van der Waals surface area contributed by atoms with E-state index in [0.29, 0.717) is 0 Å². The van der Waals surface area contributed by atoms with Gasteiger partial charge in [-0.1, -0.05) is 0 Å². The summed E-state index contributed by atoms with van der Waals surface area (Å²) in [5.74, 6) is 0. The smallest absolute Gasteiger partial charge is 0.790 e. The molecule has 0 radical (unpaired) electrons. The van der Waals surface area contributed by atoms with E-state index in [4.69, 9.17) is 19.2 Å². The Morgan fingerprint density at radius 1 is 0.625 bits per heavy atom. The first-order chi connectivity index (χ1) is 2.00. The van der Waals surface area contributed by atoms with Crippen LogP contribution in [0.15, 0.2) is 0 Å². The molecule has 0 bridgehead atoms. The second-order valence-electron chi connectivity index (χ2n) is 0.469. The van der Waals surface area contributed by atoms with Crippen LogP contribution in [0.25, 0.3) is 0 Å². The zero-order valence-corrected chi connectivity index (χ0v) is 11.0. The fourth-order valence-electron chi connectivity index (χ4n) is 0. The average molecular weight is 299 g/mol. The van der Waals surface area contributed by atoms with Crippen molar-refractivity contribution in [1.29, 1.82) is 0 Å². The van der Waals surface area contributed by atoms with Crippen LogP contribution in [0, 0.1) is 0 Å². The van der Waals surface area contributed by atoms with Gasteiger partial charge in [0.2, 0.25) is 0 Å². The molecule has 0 fully saturated rings. The molecule has 14 nitrogen and oxygen atoms in total. The molecular weight excluding hydrogens is 278 g/mol. The van der Waals surface area contributed by atoms with Crippen molar-refractivity contribution in [2.24, 2.45) is 0 Å². The molecule has 0 amide bonds. The number of rotatable bonds is 0. The van der Waals surface area contributed by atoms with Crippen LogP contribution in [-0.4, -0.2) is 59.7 Å². The zero-order chi connectivity index (χ0) is 4.50. The van der Waals surface area contributed by atoms with Gasteiger partial charge in [-0.05, 0) is 0 Å². The monoisotopic (exact) mass is 299 g/mol. The minimum absolute atomic E-state index is 0. The molecule has 16 heavy (non-hydrogen) atoms. The van der Waals surface area contributed by atoms with Gasteiger partial charge in [-0.15, -0.1) is 0 Å². The Balaban J connectivity index is -0.00000000145. The summed E-state index contributed by atoms with van der Waals surface area (Å²) in [7, 11) is -5.14. The topological polar surface area (TPSA) is 398 Å². The standard InChI is InChI=1S/Na.H3O4P.10H2O/c;1-5(2,3)4;;;;;;;;;;/h;(H3,1,2,3,4);10*1H2/q+1;;;;;;;;;;;/p-2. The van der Waals surface area contributed by atoms with Crippen LogP contribution >= 0.6 is 7.82 Å². The third-order valence-electron chi connectivity index (χ3n) is 0. The predicted octanol–water partition coefficient (Wildman–Crippen LogP) is -13.4. The van der Waals surface area contributed by atoms with Crippen LogP contribution < -0.4 is 39.3 Å². The molecule has 0 saturated carbocycles. The van der Waals surface area contributed by atoms with Crippen LogP contribution in [0.2, 0.25) is 0 Å². The number of hydrogen-bond acceptors (Lipinski definition) is 3. The second kappa shape index (κ2) is 75.5. The van der Waals surface area contributed by atoms with Crippen LogP contribution in [0.3, 0.4) is 0 Å². The van der Waals surface area contributed by atoms with E-state index in [-0.39, 0.29) is 84.3 Å². The zero-order valence-electron chi connectivity index (χ0n) is 8.12. The van der Waals surface area contributed by atoms with E-state index in [9.17, 15) is 0 Å². The van der Waals surface area contributed by atoms with Gasteiger partial charge in [0.25, 0.3) is 0 Å². The summed E-state index contributed by atoms with van der Waals surface area (Å²) < 4.78 is 8.66. The van der Waals surface area contributed by atoms with Crippen molar-refractivity contribution in [1.82, 2.24) is 0 Å². The van der Waals surface area contributed by atoms with E-state index in [2.05, 4.69) is 0 Å². The fraction of sp³-hybridized carbons (Fsp3) is 0. The van der Waals surface area contributed by atoms with E-state index in [1.54, 1.807) is 0 Å². The largest absolute Gasteiger partial charge is 1.00 e. The first-order valence-electron chi connectivity index (χ1n) is 0.748. The Labute approximate surface area is 112 Å². The van der Waals surface area contributed by atoms with Gasteiger partial charge in [0, 0.05) is 0 Å². The van der Waals surface area contributed by atoms with Gasteiger partial charge in [0.15, 0.2) is 0 Å². The summed E-state index contributed by atoms with van der Waals surface area (Å²) in [4.78, 5) is 24.3. The molecule has 0 atom stereocenters. The van der Waals surface area contributed by atoms with Gasteiger partial charge in [-0.3, -0.25) is 0 Å². The second-order valence-corrected chi connectivity index (χ2v) is 1.41. The van der Waals surface area contributed by atoms with Gasteiger partial charge in [-0.25, -0.2) is 0 Å². The Morgan fingerprint density at radius 3 is 0.625 bits per heavy atom. The molecule has 112 valence electrons. The average Bonchev–Trinajstić information content (AvgIpc) is 0.722. The molecular formula is H21NaO14P-. The van der Waals surface area contributed by atoms with Crippen molar-refractivity contribution in [3.05, 3.63) is 0 Å². The summed E-state index contributed by atoms with van der Waals surface area (Å²) in [6.45, 7) is 0. The van der Waals surface area contributed by atoms with Gasteiger partial charge in [0.1, 0.15) is 0 Å². The third kappa shape index (κ3) is 5480. The third-order valence-corrected chi connectivity index (χ3v) is 0. The molecule has 0 aromatic rings. The molecule has 0 aliphatic carbocycles. The molecule has 0 aromatic carbocycles. The van der Waals surface area contributed by atoms with Crippen molar-refractivity contribution in [2.45, 2.75) is 0 Å². The van der Waals surface area contributed by atoms with E-state index in [1.165, 1.54) is 0 Å². The summed E-state index contributed by atoms with van der Waals surface area (Å²) in [5.41, 5.74) is 0. The van der Waals surface area contributed by atoms with Crippen molar-refractivity contribution in [3.8, 4) is 0 Å². The minimum Gasteiger partial charge on any atom is -0.790 e. The molecule has 0 aliphatic rings. The summed E-state index contributed by atoms with van der Waals surface area (Å²) >= 11 is 0. The van der Waals surface area contributed by atoms with E-state index >= 15 is 0 Å². The molecule has 0 saturated heterocycles. The van der Waals surface area contributed by atoms with Crippen LogP contribution in [0.4, 0.5) is 0 Å². The predicted molar refractivity (Wildman–Crippen MR) is 46.0 cm³/mol. The van der Waals surface area contributed by atoms with Crippen LogP contribution in [0.5, 0.6) is 0 Å². The molecule has 0 aromatic heterocycles. The van der Waals surface area contributed by atoms with Gasteiger partial charge in [-0.2, -0.15) is 0 Å². The van der Waals surface area contributed by atoms with Gasteiger partial charge < -0.3 is 74.0 Å². The molecule has 21 N–H and O–H groups in total. The van der Waals surface area contributed by atoms with Crippen LogP contribution in [0.1, 0.15) is 0 Å². The molecule has 0 heterocycles. The maximum absolute atomic E-state index is 8.66. The van der Waals surface area contributed by atoms with Gasteiger partial charge >= 0.3 is 29.6 Å². The number of hydrogen-bond donors (Lipinski definition) is 1. The minimum atomic E-state index is -5.14. The molecule has 16 heteroatoms. The quantitative estimate of drug-likeness (QED) is 0.335. The Kier molecular flexibility index (Phi) is 877. The first kappa shape index (κ1) is 186. The van der Waals surface area contributed by atoms with E-state index in [0.717, 1.165) is 0 Å². The SMILES string of the molecule is O.O.O.O.O.O.O.O.O.O.O=P([O-])([O-])O.[Na+]. The number of phosphoric acid groups is 1. The van der Waals surface area contributed by atoms with Crippen LogP contribution in [-0.2, 0) is 4.57 Å². The van der Waals surface area contributed by atoms with Crippen molar-refractivity contribution in [3.63, 3.8) is 0 Å². The molecule has 0 unspecified atom stereocenters. The summed E-state index contributed by atoms with van der Waals surface area (Å²) in [6.07, 6.45) is 0. The Bertz CT molecular complexity index is 56.9. The normalized spacial score (nSPS) is 3.69. The summed E-state index contributed by atoms with van der Waals surface area (Å²) in [6, 6.07) is 0. The maximum atomic E-state index is 8.66. The van der Waals surface area contributed by atoms with Gasteiger partial charge in [0.05, 0.1) is 7.82 Å². The first-order valence-corrected chi connectivity index (χ1v) is 2.24. The van der Waals surface area contributed by atoms with Crippen molar-refractivity contribution in [2.75, 3.05) is 0 Å². The van der Waals surface area contributed by atoms with Crippen molar-refractivity contribution < 1.29 is 104 Å². The van der Waals surface area contributed by atoms with E-state index in [1.807, 2.05) is 0 Å². The molecule has 0 rings (SSSR count). The Morgan fingerprint density at radius 2 is 0.625 bits per heavy atom. The van der Waals surface area contributed by atoms with E-state index < -0.39 is 7.82 Å². The van der Waals surface area contributed by atoms with Crippen molar-refractivity contribution >= 4 is 7.82 Å². The Hall–Kier alpha value is 0.710. The summed E-state index contributed by atoms with van der Waals surface area (Å²) in [5, 5.41) is 0.